The Morgan fingerprint density at radius 3 is 2.97 bits per heavy atom. The van der Waals surface area contributed by atoms with Crippen LogP contribution in [0.4, 0.5) is 15.3 Å². The number of pyridine rings is 1. The topological polar surface area (TPSA) is 137 Å². The minimum atomic E-state index is -0.703. The monoisotopic (exact) mass is 424 g/mol. The lowest BCUT2D eigenvalue weighted by atomic mass is 10.0. The molecule has 9 nitrogen and oxygen atoms in total. The number of hydrogen-bond acceptors (Lipinski definition) is 9. The summed E-state index contributed by atoms with van der Waals surface area (Å²) in [7, 11) is 0. The zero-order chi connectivity index (χ0) is 21.3. The first kappa shape index (κ1) is 19.3. The van der Waals surface area contributed by atoms with E-state index in [9.17, 15) is 19.6 Å². The van der Waals surface area contributed by atoms with Gasteiger partial charge in [-0.15, -0.1) is 11.3 Å². The van der Waals surface area contributed by atoms with Crippen LogP contribution in [0.3, 0.4) is 0 Å². The van der Waals surface area contributed by atoms with Crippen molar-refractivity contribution in [3.05, 3.63) is 46.7 Å². The molecule has 0 saturated heterocycles. The highest BCUT2D eigenvalue weighted by molar-refractivity contribution is 7.14. The Labute approximate surface area is 172 Å². The number of thiazole rings is 1. The van der Waals surface area contributed by atoms with Crippen molar-refractivity contribution in [3.63, 3.8) is 0 Å². The summed E-state index contributed by atoms with van der Waals surface area (Å²) in [6, 6.07) is 7.14. The second kappa shape index (κ2) is 7.76. The maximum absolute atomic E-state index is 14.3. The highest BCUT2D eigenvalue weighted by atomic mass is 32.1. The number of aromatic hydroxyl groups is 1. The molecule has 4 rings (SSSR count). The van der Waals surface area contributed by atoms with Gasteiger partial charge in [-0.3, -0.25) is 5.10 Å². The standard InChI is InChI=1S/C19H13FN6O3S/c1-2-29-18(28)14-8-30-19(22-14)24-17-12-5-9(7-21)15(23-16(12)25-26-17)11-4-3-10(27)6-13(11)20/h3-6,8,27H,2H2,1H3,(H2,22,23,24,25,26). The van der Waals surface area contributed by atoms with Crippen LogP contribution in [0.2, 0.25) is 0 Å². The highest BCUT2D eigenvalue weighted by Gasteiger charge is 2.18. The van der Waals surface area contributed by atoms with Gasteiger partial charge in [-0.25, -0.2) is 19.2 Å². The molecule has 11 heteroatoms. The van der Waals surface area contributed by atoms with Crippen molar-refractivity contribution in [2.24, 2.45) is 0 Å². The van der Waals surface area contributed by atoms with Crippen LogP contribution < -0.4 is 5.32 Å². The number of nitrogens with zero attached hydrogens (tertiary/aromatic N) is 4. The van der Waals surface area contributed by atoms with Crippen LogP contribution in [0, 0.1) is 17.1 Å². The number of esters is 1. The predicted octanol–water partition coefficient (Wildman–Crippen LogP) is 3.72. The van der Waals surface area contributed by atoms with Crippen LogP contribution in [0.1, 0.15) is 23.0 Å². The number of carbonyl (C=O) groups is 1. The van der Waals surface area contributed by atoms with E-state index < -0.39 is 11.8 Å². The molecule has 0 spiro atoms. The lowest BCUT2D eigenvalue weighted by Crippen LogP contribution is -2.05. The summed E-state index contributed by atoms with van der Waals surface area (Å²) < 4.78 is 19.2. The number of anilines is 2. The highest BCUT2D eigenvalue weighted by Crippen LogP contribution is 2.32. The van der Waals surface area contributed by atoms with Gasteiger partial charge >= 0.3 is 5.97 Å². The molecule has 3 aromatic heterocycles. The predicted molar refractivity (Wildman–Crippen MR) is 107 cm³/mol. The normalized spacial score (nSPS) is 10.7. The van der Waals surface area contributed by atoms with Crippen molar-refractivity contribution in [3.8, 4) is 23.1 Å². The number of fused-ring (bicyclic) bond motifs is 1. The first-order valence-electron chi connectivity index (χ1n) is 8.68. The fraction of sp³-hybridized carbons (Fsp3) is 0.105. The van der Waals surface area contributed by atoms with Crippen LogP contribution in [0.5, 0.6) is 5.75 Å². The largest absolute Gasteiger partial charge is 0.508 e. The maximum Gasteiger partial charge on any atom is 0.357 e. The molecule has 150 valence electrons. The smallest absolute Gasteiger partial charge is 0.357 e. The van der Waals surface area contributed by atoms with E-state index in [-0.39, 0.29) is 34.9 Å². The van der Waals surface area contributed by atoms with Crippen LogP contribution in [0.25, 0.3) is 22.3 Å². The minimum absolute atomic E-state index is 0.0781. The van der Waals surface area contributed by atoms with E-state index in [0.717, 1.165) is 6.07 Å². The molecule has 0 fully saturated rings. The first-order chi connectivity index (χ1) is 14.5. The third-order valence-corrected chi connectivity index (χ3v) is 4.85. The van der Waals surface area contributed by atoms with E-state index in [0.29, 0.717) is 22.0 Å². The molecular weight excluding hydrogens is 411 g/mol. The SMILES string of the molecule is CCOC(=O)c1csc(Nc2n[nH]c3nc(-c4ccc(O)cc4F)c(C#N)cc23)n1. The molecule has 0 saturated carbocycles. The number of phenols is 1. The van der Waals surface area contributed by atoms with E-state index in [1.165, 1.54) is 29.5 Å². The summed E-state index contributed by atoms with van der Waals surface area (Å²) in [5.41, 5.74) is 0.820. The second-order valence-corrected chi connectivity index (χ2v) is 6.87. The Balaban J connectivity index is 1.71. The number of aromatic amines is 1. The van der Waals surface area contributed by atoms with Crippen molar-refractivity contribution in [1.82, 2.24) is 20.2 Å². The van der Waals surface area contributed by atoms with Gasteiger partial charge in [-0.1, -0.05) is 0 Å². The van der Waals surface area contributed by atoms with E-state index in [4.69, 9.17) is 4.74 Å². The Morgan fingerprint density at radius 2 is 2.23 bits per heavy atom. The van der Waals surface area contributed by atoms with Gasteiger partial charge in [0, 0.05) is 17.0 Å². The molecule has 0 unspecified atom stereocenters. The number of aromatic nitrogens is 4. The average Bonchev–Trinajstić information content (AvgIpc) is 3.35. The molecule has 1 aromatic carbocycles. The Hall–Kier alpha value is -4.04. The fourth-order valence-electron chi connectivity index (χ4n) is 2.76. The third-order valence-electron chi connectivity index (χ3n) is 4.09. The van der Waals surface area contributed by atoms with Crippen molar-refractivity contribution >= 4 is 39.3 Å². The van der Waals surface area contributed by atoms with Crippen LogP contribution >= 0.6 is 11.3 Å². The number of ether oxygens (including phenoxy) is 1. The molecule has 0 aliphatic heterocycles. The van der Waals surface area contributed by atoms with Crippen molar-refractivity contribution in [1.29, 1.82) is 5.26 Å². The molecule has 0 aliphatic carbocycles. The fourth-order valence-corrected chi connectivity index (χ4v) is 3.44. The van der Waals surface area contributed by atoms with E-state index in [1.54, 1.807) is 12.3 Å². The second-order valence-electron chi connectivity index (χ2n) is 6.01. The summed E-state index contributed by atoms with van der Waals surface area (Å²) >= 11 is 1.19. The molecule has 30 heavy (non-hydrogen) atoms. The molecule has 0 aliphatic rings. The molecular formula is C19H13FN6O3S. The summed E-state index contributed by atoms with van der Waals surface area (Å²) in [6.45, 7) is 1.95. The van der Waals surface area contributed by atoms with Crippen molar-refractivity contribution < 1.29 is 19.0 Å². The summed E-state index contributed by atoms with van der Waals surface area (Å²) in [5, 5.41) is 31.2. The van der Waals surface area contributed by atoms with Crippen LogP contribution in [-0.2, 0) is 4.74 Å². The average molecular weight is 424 g/mol. The van der Waals surface area contributed by atoms with Gasteiger partial charge in [0.15, 0.2) is 22.3 Å². The number of rotatable bonds is 5. The number of carbonyl (C=O) groups excluding carboxylic acids is 1. The van der Waals surface area contributed by atoms with Gasteiger partial charge in [-0.2, -0.15) is 10.4 Å². The third kappa shape index (κ3) is 3.51. The van der Waals surface area contributed by atoms with Gasteiger partial charge in [-0.05, 0) is 25.1 Å². The number of benzene rings is 1. The summed E-state index contributed by atoms with van der Waals surface area (Å²) in [6.07, 6.45) is 0. The van der Waals surface area contributed by atoms with Crippen LogP contribution in [0.15, 0.2) is 29.6 Å². The van der Waals surface area contributed by atoms with E-state index in [1.807, 2.05) is 6.07 Å². The molecule has 0 atom stereocenters. The van der Waals surface area contributed by atoms with Gasteiger partial charge in [0.1, 0.15) is 17.6 Å². The lowest BCUT2D eigenvalue weighted by molar-refractivity contribution is 0.0520. The molecule has 3 heterocycles. The summed E-state index contributed by atoms with van der Waals surface area (Å²) in [5.74, 6) is -1.11. The minimum Gasteiger partial charge on any atom is -0.508 e. The number of halogens is 1. The number of hydrogen-bond donors (Lipinski definition) is 3. The van der Waals surface area contributed by atoms with Gasteiger partial charge in [0.2, 0.25) is 0 Å². The Kier molecular flexibility index (Phi) is 4.99. The quantitative estimate of drug-likeness (QED) is 0.412. The number of nitrogens with one attached hydrogen (secondary N) is 2. The first-order valence-corrected chi connectivity index (χ1v) is 9.56. The van der Waals surface area contributed by atoms with Gasteiger partial charge < -0.3 is 15.2 Å². The lowest BCUT2D eigenvalue weighted by Gasteiger charge is -2.06. The maximum atomic E-state index is 14.3. The summed E-state index contributed by atoms with van der Waals surface area (Å²) in [4.78, 5) is 20.2. The zero-order valence-corrected chi connectivity index (χ0v) is 16.2. The molecule has 3 N–H and O–H groups in total. The molecule has 0 radical (unpaired) electrons. The van der Waals surface area contributed by atoms with E-state index >= 15 is 0 Å². The number of H-pyrrole nitrogens is 1. The molecule has 4 aromatic rings. The van der Waals surface area contributed by atoms with Crippen LogP contribution in [-0.4, -0.2) is 37.8 Å². The molecule has 0 bridgehead atoms. The van der Waals surface area contributed by atoms with Gasteiger partial charge in [0.05, 0.1) is 23.3 Å². The van der Waals surface area contributed by atoms with Gasteiger partial charge in [0.25, 0.3) is 0 Å². The Bertz CT molecular complexity index is 1310. The van der Waals surface area contributed by atoms with Crippen molar-refractivity contribution in [2.45, 2.75) is 6.92 Å². The number of nitriles is 1. The number of phenolic OH excluding ortho intramolecular Hbond substituents is 1. The van der Waals surface area contributed by atoms with E-state index in [2.05, 4.69) is 25.5 Å². The zero-order valence-electron chi connectivity index (χ0n) is 15.4. The molecule has 0 amide bonds. The Morgan fingerprint density at radius 1 is 1.40 bits per heavy atom. The van der Waals surface area contributed by atoms with Crippen molar-refractivity contribution in [2.75, 3.05) is 11.9 Å².